The van der Waals surface area contributed by atoms with Gasteiger partial charge in [0.05, 0.1) is 10.2 Å². The molecule has 0 atom stereocenters. The molecule has 22 heavy (non-hydrogen) atoms. The Hall–Kier alpha value is -2.27. The van der Waals surface area contributed by atoms with Gasteiger partial charge in [-0.25, -0.2) is 4.39 Å². The van der Waals surface area contributed by atoms with Gasteiger partial charge in [0.25, 0.3) is 5.91 Å². The van der Waals surface area contributed by atoms with E-state index in [0.717, 1.165) is 21.3 Å². The summed E-state index contributed by atoms with van der Waals surface area (Å²) < 4.78 is 15.9. The molecule has 0 aliphatic heterocycles. The van der Waals surface area contributed by atoms with Gasteiger partial charge in [-0.05, 0) is 55.3 Å². The van der Waals surface area contributed by atoms with Crippen LogP contribution in [0.1, 0.15) is 21.5 Å². The Morgan fingerprint density at radius 2 is 1.91 bits per heavy atom. The lowest BCUT2D eigenvalue weighted by Gasteiger charge is -2.01. The zero-order valence-electron chi connectivity index (χ0n) is 12.6. The van der Waals surface area contributed by atoms with Crippen LogP contribution in [0.25, 0.3) is 10.2 Å². The Kier molecular flexibility index (Phi) is 3.66. The van der Waals surface area contributed by atoms with Crippen molar-refractivity contribution in [3.05, 3.63) is 63.7 Å². The molecule has 3 aromatic rings. The van der Waals surface area contributed by atoms with Crippen molar-refractivity contribution in [1.29, 1.82) is 0 Å². The first kappa shape index (κ1) is 14.7. The molecule has 5 heteroatoms. The molecule has 1 heterocycles. The van der Waals surface area contributed by atoms with Crippen molar-refractivity contribution in [2.75, 3.05) is 0 Å². The van der Waals surface area contributed by atoms with Gasteiger partial charge < -0.3 is 4.57 Å². The second kappa shape index (κ2) is 5.50. The molecule has 0 aliphatic carbocycles. The van der Waals surface area contributed by atoms with E-state index in [-0.39, 0.29) is 11.7 Å². The molecule has 0 radical (unpaired) electrons. The van der Waals surface area contributed by atoms with Gasteiger partial charge in [-0.3, -0.25) is 4.79 Å². The van der Waals surface area contributed by atoms with Gasteiger partial charge in [-0.1, -0.05) is 17.4 Å². The summed E-state index contributed by atoms with van der Waals surface area (Å²) in [7, 11) is 1.82. The van der Waals surface area contributed by atoms with Crippen LogP contribution in [0.2, 0.25) is 0 Å². The minimum absolute atomic E-state index is 0.286. The van der Waals surface area contributed by atoms with E-state index in [9.17, 15) is 9.18 Å². The Morgan fingerprint density at radius 3 is 2.64 bits per heavy atom. The second-order valence-corrected chi connectivity index (χ2v) is 6.28. The minimum Gasteiger partial charge on any atom is -0.319 e. The van der Waals surface area contributed by atoms with Crippen molar-refractivity contribution < 1.29 is 9.18 Å². The third kappa shape index (κ3) is 2.60. The number of carbonyl (C=O) groups is 1. The maximum Gasteiger partial charge on any atom is 0.279 e. The molecule has 0 N–H and O–H groups in total. The SMILES string of the molecule is Cc1ccc(C(=O)N=c2sc3cc(F)ccc3n2C)cc1C. The first-order valence-corrected chi connectivity index (χ1v) is 7.69. The van der Waals surface area contributed by atoms with Gasteiger partial charge in [0, 0.05) is 12.6 Å². The van der Waals surface area contributed by atoms with E-state index < -0.39 is 0 Å². The molecule has 3 nitrogen and oxygen atoms in total. The Bertz CT molecular complexity index is 953. The lowest BCUT2D eigenvalue weighted by molar-refractivity contribution is 0.0998. The highest BCUT2D eigenvalue weighted by Crippen LogP contribution is 2.18. The van der Waals surface area contributed by atoms with Crippen molar-refractivity contribution >= 4 is 27.5 Å². The number of nitrogens with zero attached hydrogens (tertiary/aromatic N) is 2. The van der Waals surface area contributed by atoms with Crippen molar-refractivity contribution in [2.24, 2.45) is 12.0 Å². The molecular weight excluding hydrogens is 299 g/mol. The molecule has 0 fully saturated rings. The fourth-order valence-electron chi connectivity index (χ4n) is 2.24. The van der Waals surface area contributed by atoms with Gasteiger partial charge in [-0.15, -0.1) is 0 Å². The Morgan fingerprint density at radius 1 is 1.14 bits per heavy atom. The summed E-state index contributed by atoms with van der Waals surface area (Å²) in [4.78, 5) is 17.1. The number of carbonyl (C=O) groups excluding carboxylic acids is 1. The quantitative estimate of drug-likeness (QED) is 0.674. The number of rotatable bonds is 1. The molecule has 0 saturated carbocycles. The zero-order chi connectivity index (χ0) is 15.9. The Balaban J connectivity index is 2.09. The number of fused-ring (bicyclic) bond motifs is 1. The number of benzene rings is 2. The normalized spacial score (nSPS) is 12.1. The largest absolute Gasteiger partial charge is 0.319 e. The number of amides is 1. The molecule has 0 aliphatic rings. The standard InChI is InChI=1S/C17H15FN2OS/c1-10-4-5-12(8-11(10)2)16(21)19-17-20(3)14-7-6-13(18)9-15(14)22-17/h4-9H,1-3H3. The highest BCUT2D eigenvalue weighted by atomic mass is 32.1. The summed E-state index contributed by atoms with van der Waals surface area (Å²) in [6.45, 7) is 3.97. The number of aromatic nitrogens is 1. The summed E-state index contributed by atoms with van der Waals surface area (Å²) in [5, 5.41) is 0. The fraction of sp³-hybridized carbons (Fsp3) is 0.176. The van der Waals surface area contributed by atoms with Gasteiger partial charge in [-0.2, -0.15) is 4.99 Å². The average Bonchev–Trinajstić information content (AvgIpc) is 2.77. The van der Waals surface area contributed by atoms with E-state index >= 15 is 0 Å². The molecule has 0 unspecified atom stereocenters. The topological polar surface area (TPSA) is 34.4 Å². The van der Waals surface area contributed by atoms with E-state index in [1.54, 1.807) is 16.7 Å². The smallest absolute Gasteiger partial charge is 0.279 e. The van der Waals surface area contributed by atoms with E-state index in [2.05, 4.69) is 4.99 Å². The molecule has 0 saturated heterocycles. The first-order chi connectivity index (χ1) is 10.5. The van der Waals surface area contributed by atoms with Gasteiger partial charge in [0.1, 0.15) is 5.82 Å². The van der Waals surface area contributed by atoms with Crippen LogP contribution in [0.15, 0.2) is 41.4 Å². The Labute approximate surface area is 131 Å². The predicted octanol–water partition coefficient (Wildman–Crippen LogP) is 3.74. The van der Waals surface area contributed by atoms with Crippen molar-refractivity contribution in [3.8, 4) is 0 Å². The molecule has 3 rings (SSSR count). The summed E-state index contributed by atoms with van der Waals surface area (Å²) in [5.74, 6) is -0.577. The van der Waals surface area contributed by atoms with Crippen LogP contribution in [0.3, 0.4) is 0 Å². The molecule has 1 amide bonds. The first-order valence-electron chi connectivity index (χ1n) is 6.87. The maximum absolute atomic E-state index is 13.3. The number of hydrogen-bond donors (Lipinski definition) is 0. The number of aryl methyl sites for hydroxylation is 3. The molecular formula is C17H15FN2OS. The highest BCUT2D eigenvalue weighted by Gasteiger charge is 2.08. The molecule has 2 aromatic carbocycles. The van der Waals surface area contributed by atoms with Crippen LogP contribution >= 0.6 is 11.3 Å². The van der Waals surface area contributed by atoms with Crippen LogP contribution in [0.4, 0.5) is 4.39 Å². The summed E-state index contributed by atoms with van der Waals surface area (Å²) in [6.07, 6.45) is 0. The fourth-order valence-corrected chi connectivity index (χ4v) is 3.28. The summed E-state index contributed by atoms with van der Waals surface area (Å²) in [6, 6.07) is 10.1. The number of hydrogen-bond acceptors (Lipinski definition) is 2. The monoisotopic (exact) mass is 314 g/mol. The second-order valence-electron chi connectivity index (χ2n) is 5.27. The van der Waals surface area contributed by atoms with Gasteiger partial charge >= 0.3 is 0 Å². The van der Waals surface area contributed by atoms with E-state index in [4.69, 9.17) is 0 Å². The number of halogens is 1. The predicted molar refractivity (Wildman–Crippen MR) is 86.6 cm³/mol. The van der Waals surface area contributed by atoms with Crippen LogP contribution in [-0.2, 0) is 7.05 Å². The lowest BCUT2D eigenvalue weighted by Crippen LogP contribution is -2.13. The maximum atomic E-state index is 13.3. The number of thiazole rings is 1. The van der Waals surface area contributed by atoms with Crippen LogP contribution < -0.4 is 4.80 Å². The average molecular weight is 314 g/mol. The molecule has 112 valence electrons. The third-order valence-electron chi connectivity index (χ3n) is 3.72. The molecule has 1 aromatic heterocycles. The summed E-state index contributed by atoms with van der Waals surface area (Å²) in [5.41, 5.74) is 3.62. The zero-order valence-corrected chi connectivity index (χ0v) is 13.4. The molecule has 0 spiro atoms. The van der Waals surface area contributed by atoms with Crippen molar-refractivity contribution in [3.63, 3.8) is 0 Å². The minimum atomic E-state index is -0.290. The van der Waals surface area contributed by atoms with Crippen molar-refractivity contribution in [2.45, 2.75) is 13.8 Å². The highest BCUT2D eigenvalue weighted by molar-refractivity contribution is 7.16. The summed E-state index contributed by atoms with van der Waals surface area (Å²) >= 11 is 1.30. The van der Waals surface area contributed by atoms with E-state index in [1.165, 1.54) is 23.5 Å². The van der Waals surface area contributed by atoms with Crippen LogP contribution in [0, 0.1) is 19.7 Å². The van der Waals surface area contributed by atoms with Crippen molar-refractivity contribution in [1.82, 2.24) is 4.57 Å². The van der Waals surface area contributed by atoms with Crippen LogP contribution in [-0.4, -0.2) is 10.5 Å². The molecule has 0 bridgehead atoms. The van der Waals surface area contributed by atoms with Gasteiger partial charge in [0.15, 0.2) is 4.80 Å². The lowest BCUT2D eigenvalue weighted by atomic mass is 10.1. The van der Waals surface area contributed by atoms with Gasteiger partial charge in [0.2, 0.25) is 0 Å². The van der Waals surface area contributed by atoms with E-state index in [0.29, 0.717) is 10.4 Å². The van der Waals surface area contributed by atoms with Crippen LogP contribution in [0.5, 0.6) is 0 Å². The van der Waals surface area contributed by atoms with E-state index in [1.807, 2.05) is 33.0 Å². The third-order valence-corrected chi connectivity index (χ3v) is 4.82.